The van der Waals surface area contributed by atoms with Crippen molar-refractivity contribution in [3.8, 4) is 0 Å². The second-order valence-corrected chi connectivity index (χ2v) is 6.22. The summed E-state index contributed by atoms with van der Waals surface area (Å²) in [5.41, 5.74) is -0.255. The number of hydrogen-bond donors (Lipinski definition) is 3. The van der Waals surface area contributed by atoms with Gasteiger partial charge in [0.05, 0.1) is 12.5 Å². The third kappa shape index (κ3) is 3.36. The van der Waals surface area contributed by atoms with Crippen molar-refractivity contribution in [2.24, 2.45) is 0 Å². The first-order chi connectivity index (χ1) is 11.5. The Morgan fingerprint density at radius 1 is 1.21 bits per heavy atom. The summed E-state index contributed by atoms with van der Waals surface area (Å²) in [5.74, 6) is -1.53. The zero-order valence-electron chi connectivity index (χ0n) is 12.5. The van der Waals surface area contributed by atoms with Crippen LogP contribution in [0.4, 0.5) is 0 Å². The van der Waals surface area contributed by atoms with E-state index < -0.39 is 17.9 Å². The maximum absolute atomic E-state index is 12.5. The molecule has 3 N–H and O–H groups in total. The summed E-state index contributed by atoms with van der Waals surface area (Å²) in [6.07, 6.45) is -0.232. The van der Waals surface area contributed by atoms with Crippen LogP contribution in [0.15, 0.2) is 52.6 Å². The number of carbonyl (C=O) groups excluding carboxylic acids is 1. The number of benzene rings is 1. The second kappa shape index (κ2) is 6.67. The number of H-pyrrole nitrogens is 1. The Balaban J connectivity index is 1.90. The minimum atomic E-state index is -1.01. The van der Waals surface area contributed by atoms with Crippen molar-refractivity contribution in [1.29, 1.82) is 0 Å². The van der Waals surface area contributed by atoms with Gasteiger partial charge in [-0.05, 0) is 29.0 Å². The van der Waals surface area contributed by atoms with Gasteiger partial charge in [-0.2, -0.15) is 0 Å². The average Bonchev–Trinajstić information content (AvgIpc) is 3.08. The number of amides is 1. The molecule has 1 unspecified atom stereocenters. The van der Waals surface area contributed by atoms with Crippen LogP contribution in [0.3, 0.4) is 0 Å². The molecule has 0 bridgehead atoms. The first-order valence-electron chi connectivity index (χ1n) is 7.22. The van der Waals surface area contributed by atoms with Gasteiger partial charge in [0.15, 0.2) is 0 Å². The van der Waals surface area contributed by atoms with Crippen LogP contribution in [0.2, 0.25) is 0 Å². The van der Waals surface area contributed by atoms with Gasteiger partial charge in [-0.1, -0.05) is 24.3 Å². The Labute approximate surface area is 140 Å². The van der Waals surface area contributed by atoms with E-state index in [0.29, 0.717) is 10.8 Å². The zero-order chi connectivity index (χ0) is 17.1. The molecule has 3 aromatic rings. The fourth-order valence-corrected chi connectivity index (χ4v) is 3.23. The van der Waals surface area contributed by atoms with Crippen molar-refractivity contribution >= 4 is 34.0 Å². The first-order valence-corrected chi connectivity index (χ1v) is 8.10. The standard InChI is InChI=1S/C17H14N2O4S/c20-15(21)9-12(14-6-3-7-24-14)18-17(23)13-8-10-4-1-2-5-11(10)16(22)19-13/h1-8,12H,9H2,(H,18,23)(H,19,22)(H,20,21). The summed E-state index contributed by atoms with van der Waals surface area (Å²) in [5, 5.41) is 14.7. The Hall–Kier alpha value is -2.93. The fourth-order valence-electron chi connectivity index (χ4n) is 2.46. The summed E-state index contributed by atoms with van der Waals surface area (Å²) in [6, 6.07) is 11.4. The first kappa shape index (κ1) is 15.9. The third-order valence-corrected chi connectivity index (χ3v) is 4.55. The molecular weight excluding hydrogens is 328 g/mol. The SMILES string of the molecule is O=C(O)CC(NC(=O)c1cc2ccccc2c(=O)[nH]1)c1cccs1. The highest BCUT2D eigenvalue weighted by atomic mass is 32.1. The summed E-state index contributed by atoms with van der Waals surface area (Å²) in [7, 11) is 0. The van der Waals surface area contributed by atoms with Crippen molar-refractivity contribution in [3.05, 3.63) is 68.8 Å². The Kier molecular flexibility index (Phi) is 4.43. The molecule has 0 aliphatic heterocycles. The van der Waals surface area contributed by atoms with Gasteiger partial charge in [-0.3, -0.25) is 14.4 Å². The van der Waals surface area contributed by atoms with Crippen molar-refractivity contribution in [3.63, 3.8) is 0 Å². The molecular formula is C17H14N2O4S. The second-order valence-electron chi connectivity index (χ2n) is 5.24. The van der Waals surface area contributed by atoms with Gasteiger partial charge < -0.3 is 15.4 Å². The lowest BCUT2D eigenvalue weighted by Gasteiger charge is -2.15. The molecule has 122 valence electrons. The molecule has 0 radical (unpaired) electrons. The van der Waals surface area contributed by atoms with Crippen LogP contribution in [-0.4, -0.2) is 22.0 Å². The number of carbonyl (C=O) groups is 2. The van der Waals surface area contributed by atoms with Gasteiger partial charge in [0.25, 0.3) is 11.5 Å². The molecule has 0 fully saturated rings. The van der Waals surface area contributed by atoms with Crippen LogP contribution < -0.4 is 10.9 Å². The van der Waals surface area contributed by atoms with E-state index in [0.717, 1.165) is 4.88 Å². The largest absolute Gasteiger partial charge is 0.481 e. The van der Waals surface area contributed by atoms with E-state index in [1.54, 1.807) is 42.5 Å². The lowest BCUT2D eigenvalue weighted by molar-refractivity contribution is -0.137. The Morgan fingerprint density at radius 2 is 2.00 bits per heavy atom. The monoisotopic (exact) mass is 342 g/mol. The van der Waals surface area contributed by atoms with Gasteiger partial charge in [-0.25, -0.2) is 0 Å². The number of rotatable bonds is 5. The third-order valence-electron chi connectivity index (χ3n) is 3.57. The molecule has 0 aliphatic rings. The van der Waals surface area contributed by atoms with Gasteiger partial charge in [0.1, 0.15) is 5.69 Å². The molecule has 1 amide bonds. The van der Waals surface area contributed by atoms with Gasteiger partial charge >= 0.3 is 5.97 Å². The lowest BCUT2D eigenvalue weighted by Crippen LogP contribution is -2.31. The van der Waals surface area contributed by atoms with Crippen molar-refractivity contribution in [1.82, 2.24) is 10.3 Å². The average molecular weight is 342 g/mol. The van der Waals surface area contributed by atoms with Crippen molar-refractivity contribution in [2.45, 2.75) is 12.5 Å². The van der Waals surface area contributed by atoms with E-state index in [9.17, 15) is 14.4 Å². The lowest BCUT2D eigenvalue weighted by atomic mass is 10.1. The quantitative estimate of drug-likeness (QED) is 0.663. The summed E-state index contributed by atoms with van der Waals surface area (Å²) in [6.45, 7) is 0. The number of carboxylic acid groups (broad SMARTS) is 1. The van der Waals surface area contributed by atoms with Gasteiger partial charge in [0.2, 0.25) is 0 Å². The molecule has 0 spiro atoms. The van der Waals surface area contributed by atoms with Crippen molar-refractivity contribution in [2.75, 3.05) is 0 Å². The Bertz CT molecular complexity index is 947. The Morgan fingerprint density at radius 3 is 2.71 bits per heavy atom. The molecule has 0 aliphatic carbocycles. The molecule has 1 aromatic carbocycles. The number of aromatic amines is 1. The number of aromatic nitrogens is 1. The summed E-state index contributed by atoms with van der Waals surface area (Å²) >= 11 is 1.37. The van der Waals surface area contributed by atoms with E-state index in [4.69, 9.17) is 5.11 Å². The molecule has 0 saturated heterocycles. The zero-order valence-corrected chi connectivity index (χ0v) is 13.3. The molecule has 6 nitrogen and oxygen atoms in total. The van der Waals surface area contributed by atoms with Crippen LogP contribution in [0, 0.1) is 0 Å². The minimum absolute atomic E-state index is 0.102. The molecule has 3 rings (SSSR count). The number of hydrogen-bond acceptors (Lipinski definition) is 4. The highest BCUT2D eigenvalue weighted by molar-refractivity contribution is 7.10. The van der Waals surface area contributed by atoms with E-state index in [2.05, 4.69) is 10.3 Å². The van der Waals surface area contributed by atoms with Crippen LogP contribution in [0.1, 0.15) is 27.8 Å². The van der Waals surface area contributed by atoms with Crippen LogP contribution in [-0.2, 0) is 4.79 Å². The summed E-state index contributed by atoms with van der Waals surface area (Å²) in [4.78, 5) is 38.9. The fraction of sp³-hybridized carbons (Fsp3) is 0.118. The molecule has 1 atom stereocenters. The summed E-state index contributed by atoms with van der Waals surface area (Å²) < 4.78 is 0. The maximum atomic E-state index is 12.5. The maximum Gasteiger partial charge on any atom is 0.305 e. The van der Waals surface area contributed by atoms with Gasteiger partial charge in [0, 0.05) is 10.3 Å². The molecule has 24 heavy (non-hydrogen) atoms. The molecule has 2 aromatic heterocycles. The number of aliphatic carboxylic acids is 1. The van der Waals surface area contributed by atoms with Crippen molar-refractivity contribution < 1.29 is 14.7 Å². The number of fused-ring (bicyclic) bond motifs is 1. The molecule has 2 heterocycles. The predicted octanol–water partition coefficient (Wildman–Crippen LogP) is 2.54. The van der Waals surface area contributed by atoms with Gasteiger partial charge in [-0.15, -0.1) is 11.3 Å². The highest BCUT2D eigenvalue weighted by Gasteiger charge is 2.20. The predicted molar refractivity (Wildman–Crippen MR) is 91.3 cm³/mol. The van der Waals surface area contributed by atoms with Crippen LogP contribution in [0.25, 0.3) is 10.8 Å². The number of carboxylic acids is 1. The number of nitrogens with one attached hydrogen (secondary N) is 2. The highest BCUT2D eigenvalue weighted by Crippen LogP contribution is 2.22. The number of thiophene rings is 1. The van der Waals surface area contributed by atoms with E-state index >= 15 is 0 Å². The number of pyridine rings is 1. The molecule has 7 heteroatoms. The normalized spacial score (nSPS) is 12.0. The smallest absolute Gasteiger partial charge is 0.305 e. The van der Waals surface area contributed by atoms with Crippen LogP contribution in [0.5, 0.6) is 0 Å². The van der Waals surface area contributed by atoms with E-state index in [-0.39, 0.29) is 17.7 Å². The molecule has 0 saturated carbocycles. The van der Waals surface area contributed by atoms with Crippen LogP contribution >= 0.6 is 11.3 Å². The topological polar surface area (TPSA) is 99.3 Å². The van der Waals surface area contributed by atoms with E-state index in [1.165, 1.54) is 11.3 Å². The van der Waals surface area contributed by atoms with E-state index in [1.807, 2.05) is 5.38 Å². The minimum Gasteiger partial charge on any atom is -0.481 e.